The lowest BCUT2D eigenvalue weighted by Crippen LogP contribution is -2.30. The zero-order valence-corrected chi connectivity index (χ0v) is 8.07. The first-order valence-corrected chi connectivity index (χ1v) is 4.45. The van der Waals surface area contributed by atoms with Crippen molar-refractivity contribution < 1.29 is 4.84 Å². The molecule has 1 aliphatic heterocycles. The van der Waals surface area contributed by atoms with Gasteiger partial charge in [0.1, 0.15) is 7.11 Å². The quantitative estimate of drug-likeness (QED) is 0.371. The van der Waals surface area contributed by atoms with Gasteiger partial charge in [-0.2, -0.15) is 0 Å². The van der Waals surface area contributed by atoms with Crippen LogP contribution in [0.2, 0.25) is 0 Å². The third-order valence-electron chi connectivity index (χ3n) is 1.97. The Balaban J connectivity index is 2.43. The van der Waals surface area contributed by atoms with Gasteiger partial charge in [-0.05, 0) is 12.0 Å². The van der Waals surface area contributed by atoms with Gasteiger partial charge < -0.3 is 4.84 Å². The second kappa shape index (κ2) is 5.54. The fourth-order valence-electron chi connectivity index (χ4n) is 1.39. The zero-order chi connectivity index (χ0) is 9.52. The summed E-state index contributed by atoms with van der Waals surface area (Å²) >= 11 is 0. The van der Waals surface area contributed by atoms with Gasteiger partial charge in [0, 0.05) is 19.6 Å². The first-order chi connectivity index (χ1) is 6.36. The molecule has 0 unspecified atom stereocenters. The smallest absolute Gasteiger partial charge is 0.106 e. The van der Waals surface area contributed by atoms with Gasteiger partial charge in [-0.25, -0.2) is 0 Å². The third-order valence-corrected chi connectivity index (χ3v) is 1.97. The van der Waals surface area contributed by atoms with Gasteiger partial charge in [0.25, 0.3) is 0 Å². The molecule has 0 atom stereocenters. The van der Waals surface area contributed by atoms with Crippen LogP contribution in [-0.4, -0.2) is 37.9 Å². The molecule has 0 amide bonds. The molecule has 0 saturated heterocycles. The van der Waals surface area contributed by atoms with Crippen LogP contribution in [0.1, 0.15) is 6.42 Å². The van der Waals surface area contributed by atoms with E-state index in [4.69, 9.17) is 0 Å². The average molecular weight is 180 g/mol. The summed E-state index contributed by atoms with van der Waals surface area (Å²) in [6, 6.07) is 0. The van der Waals surface area contributed by atoms with Gasteiger partial charge in [0.2, 0.25) is 0 Å². The lowest BCUT2D eigenvalue weighted by Gasteiger charge is -2.24. The molecule has 0 N–H and O–H groups in total. The Kier molecular flexibility index (Phi) is 4.26. The highest BCUT2D eigenvalue weighted by Gasteiger charge is 2.09. The summed E-state index contributed by atoms with van der Waals surface area (Å²) < 4.78 is 0. The van der Waals surface area contributed by atoms with Crippen molar-refractivity contribution in [2.45, 2.75) is 6.42 Å². The summed E-state index contributed by atoms with van der Waals surface area (Å²) in [7, 11) is 1.56. The van der Waals surface area contributed by atoms with E-state index in [9.17, 15) is 0 Å². The summed E-state index contributed by atoms with van der Waals surface area (Å²) in [5.74, 6) is 0. The first kappa shape index (κ1) is 9.99. The van der Waals surface area contributed by atoms with Crippen LogP contribution in [0.15, 0.2) is 29.5 Å². The first-order valence-electron chi connectivity index (χ1n) is 4.45. The number of rotatable bonds is 4. The zero-order valence-electron chi connectivity index (χ0n) is 8.07. The highest BCUT2D eigenvalue weighted by molar-refractivity contribution is 5.78. The maximum Gasteiger partial charge on any atom is 0.106 e. The average Bonchev–Trinajstić information content (AvgIpc) is 2.16. The Bertz CT molecular complexity index is 221. The Morgan fingerprint density at radius 2 is 2.62 bits per heavy atom. The number of nitrogens with zero attached hydrogens (tertiary/aromatic N) is 2. The molecule has 72 valence electrons. The second-order valence-electron chi connectivity index (χ2n) is 3.01. The van der Waals surface area contributed by atoms with Crippen molar-refractivity contribution in [1.29, 1.82) is 0 Å². The van der Waals surface area contributed by atoms with Crippen LogP contribution < -0.4 is 0 Å². The molecule has 3 nitrogen and oxygen atoms in total. The molecule has 0 aromatic rings. The SMILES string of the molecule is C=CCN1CCC=C(C=NOC)C1. The van der Waals surface area contributed by atoms with E-state index < -0.39 is 0 Å². The van der Waals surface area contributed by atoms with Crippen molar-refractivity contribution in [2.24, 2.45) is 5.16 Å². The van der Waals surface area contributed by atoms with Gasteiger partial charge in [0.15, 0.2) is 0 Å². The minimum atomic E-state index is 0.943. The third kappa shape index (κ3) is 3.42. The van der Waals surface area contributed by atoms with Crippen molar-refractivity contribution in [3.63, 3.8) is 0 Å². The van der Waals surface area contributed by atoms with Crippen molar-refractivity contribution >= 4 is 6.21 Å². The minimum Gasteiger partial charge on any atom is -0.399 e. The van der Waals surface area contributed by atoms with Crippen LogP contribution >= 0.6 is 0 Å². The molecule has 0 saturated carbocycles. The Morgan fingerprint density at radius 1 is 1.77 bits per heavy atom. The monoisotopic (exact) mass is 180 g/mol. The highest BCUT2D eigenvalue weighted by atomic mass is 16.6. The summed E-state index contributed by atoms with van der Waals surface area (Å²) in [5.41, 5.74) is 1.22. The highest BCUT2D eigenvalue weighted by Crippen LogP contribution is 2.07. The summed E-state index contributed by atoms with van der Waals surface area (Å²) in [4.78, 5) is 6.95. The van der Waals surface area contributed by atoms with Crippen LogP contribution in [0.3, 0.4) is 0 Å². The van der Waals surface area contributed by atoms with Crippen LogP contribution in [0.25, 0.3) is 0 Å². The maximum absolute atomic E-state index is 4.63. The van der Waals surface area contributed by atoms with Gasteiger partial charge >= 0.3 is 0 Å². The predicted molar refractivity (Wildman–Crippen MR) is 54.8 cm³/mol. The topological polar surface area (TPSA) is 24.8 Å². The summed E-state index contributed by atoms with van der Waals surface area (Å²) in [6.45, 7) is 6.72. The van der Waals surface area contributed by atoms with Crippen LogP contribution in [-0.2, 0) is 4.84 Å². The minimum absolute atomic E-state index is 0.943. The van der Waals surface area contributed by atoms with E-state index in [1.807, 2.05) is 6.08 Å². The molecule has 3 heteroatoms. The molecule has 0 bridgehead atoms. The van der Waals surface area contributed by atoms with E-state index in [1.54, 1.807) is 13.3 Å². The second-order valence-corrected chi connectivity index (χ2v) is 3.01. The number of hydrogen-bond acceptors (Lipinski definition) is 3. The summed E-state index contributed by atoms with van der Waals surface area (Å²) in [5, 5.41) is 3.74. The van der Waals surface area contributed by atoms with Crippen LogP contribution in [0.4, 0.5) is 0 Å². The van der Waals surface area contributed by atoms with E-state index in [0.717, 1.165) is 26.1 Å². The molecule has 0 aliphatic carbocycles. The van der Waals surface area contributed by atoms with Crippen molar-refractivity contribution in [2.75, 3.05) is 26.7 Å². The van der Waals surface area contributed by atoms with Gasteiger partial charge in [-0.15, -0.1) is 6.58 Å². The molecule has 0 aromatic carbocycles. The van der Waals surface area contributed by atoms with Crippen molar-refractivity contribution in [3.8, 4) is 0 Å². The Labute approximate surface area is 79.4 Å². The molecule has 0 fully saturated rings. The summed E-state index contributed by atoms with van der Waals surface area (Å²) in [6.07, 6.45) is 6.98. The van der Waals surface area contributed by atoms with E-state index in [-0.39, 0.29) is 0 Å². The van der Waals surface area contributed by atoms with Crippen LogP contribution in [0.5, 0.6) is 0 Å². The molecule has 1 heterocycles. The normalized spacial score (nSPS) is 18.7. The standard InChI is InChI=1S/C10H16N2O/c1-3-6-12-7-4-5-10(9-12)8-11-13-2/h3,5,8H,1,4,6-7,9H2,2H3. The predicted octanol–water partition coefficient (Wildman–Crippen LogP) is 1.44. The van der Waals surface area contributed by atoms with E-state index >= 15 is 0 Å². The molecule has 13 heavy (non-hydrogen) atoms. The van der Waals surface area contributed by atoms with Gasteiger partial charge in [-0.3, -0.25) is 4.90 Å². The largest absolute Gasteiger partial charge is 0.399 e. The molecular formula is C10H16N2O. The number of hydrogen-bond donors (Lipinski definition) is 0. The van der Waals surface area contributed by atoms with E-state index in [2.05, 4.69) is 27.5 Å². The lowest BCUT2D eigenvalue weighted by molar-refractivity contribution is 0.215. The molecule has 0 spiro atoms. The Morgan fingerprint density at radius 3 is 3.31 bits per heavy atom. The molecule has 0 radical (unpaired) electrons. The Hall–Kier alpha value is -1.09. The van der Waals surface area contributed by atoms with E-state index in [1.165, 1.54) is 5.57 Å². The van der Waals surface area contributed by atoms with Gasteiger partial charge in [0.05, 0.1) is 6.21 Å². The molecule has 1 rings (SSSR count). The lowest BCUT2D eigenvalue weighted by atomic mass is 10.1. The van der Waals surface area contributed by atoms with Crippen LogP contribution in [0, 0.1) is 0 Å². The molecule has 1 aliphatic rings. The maximum atomic E-state index is 4.63. The number of oxime groups is 1. The molecular weight excluding hydrogens is 164 g/mol. The van der Waals surface area contributed by atoms with E-state index in [0.29, 0.717) is 0 Å². The fraction of sp³-hybridized carbons (Fsp3) is 0.500. The molecule has 0 aromatic heterocycles. The van der Waals surface area contributed by atoms with Crippen molar-refractivity contribution in [1.82, 2.24) is 4.90 Å². The fourth-order valence-corrected chi connectivity index (χ4v) is 1.39. The van der Waals surface area contributed by atoms with Gasteiger partial charge in [-0.1, -0.05) is 17.3 Å². The van der Waals surface area contributed by atoms with Crippen molar-refractivity contribution in [3.05, 3.63) is 24.3 Å².